The number of hydrogen-bond acceptors (Lipinski definition) is 3. The van der Waals surface area contributed by atoms with Crippen LogP contribution in [0.4, 0.5) is 27.6 Å². The van der Waals surface area contributed by atoms with Crippen molar-refractivity contribution in [2.75, 3.05) is 5.32 Å². The summed E-state index contributed by atoms with van der Waals surface area (Å²) < 4.78 is 66.2. The predicted octanol–water partition coefficient (Wildman–Crippen LogP) is 5.67. The third-order valence-corrected chi connectivity index (χ3v) is 4.53. The number of benzene rings is 2. The fraction of sp³-hybridized carbons (Fsp3) is 0.111. The SMILES string of the molecule is Cc1nc(C(F)(F)F)c(C(=O)Nc2ccccc2-c2cc(F)cc(F)c2)s1. The summed E-state index contributed by atoms with van der Waals surface area (Å²) in [6.45, 7) is 1.36. The quantitative estimate of drug-likeness (QED) is 0.578. The number of hydrogen-bond donors (Lipinski definition) is 1. The van der Waals surface area contributed by atoms with Crippen LogP contribution in [0, 0.1) is 18.6 Å². The van der Waals surface area contributed by atoms with Crippen molar-refractivity contribution in [3.05, 3.63) is 69.7 Å². The van der Waals surface area contributed by atoms with Crippen LogP contribution in [0.25, 0.3) is 11.1 Å². The standard InChI is InChI=1S/C18H11F5N2OS/c1-9-24-16(18(21,22)23)15(27-9)17(26)25-14-5-3-2-4-13(14)10-6-11(19)8-12(20)7-10/h2-8H,1H3,(H,25,26). The largest absolute Gasteiger partial charge is 0.435 e. The molecule has 0 saturated carbocycles. The average molecular weight is 398 g/mol. The maximum absolute atomic E-state index is 13.5. The van der Waals surface area contributed by atoms with Crippen molar-refractivity contribution < 1.29 is 26.7 Å². The number of alkyl halides is 3. The Kier molecular flexibility index (Phi) is 4.97. The van der Waals surface area contributed by atoms with Crippen LogP contribution in [0.5, 0.6) is 0 Å². The van der Waals surface area contributed by atoms with E-state index in [-0.39, 0.29) is 21.8 Å². The third-order valence-electron chi connectivity index (χ3n) is 3.56. The molecule has 1 aromatic heterocycles. The molecule has 0 aliphatic carbocycles. The minimum Gasteiger partial charge on any atom is -0.321 e. The minimum atomic E-state index is -4.78. The highest BCUT2D eigenvalue weighted by molar-refractivity contribution is 7.13. The highest BCUT2D eigenvalue weighted by Crippen LogP contribution is 2.35. The average Bonchev–Trinajstić information content (AvgIpc) is 2.97. The first-order valence-corrected chi connectivity index (χ1v) is 8.38. The van der Waals surface area contributed by atoms with Gasteiger partial charge in [-0.15, -0.1) is 11.3 Å². The second-order valence-corrected chi connectivity index (χ2v) is 6.77. The second kappa shape index (κ2) is 7.07. The Morgan fingerprint density at radius 2 is 1.70 bits per heavy atom. The van der Waals surface area contributed by atoms with E-state index in [2.05, 4.69) is 10.3 Å². The summed E-state index contributed by atoms with van der Waals surface area (Å²) in [7, 11) is 0. The lowest BCUT2D eigenvalue weighted by molar-refractivity contribution is -0.141. The summed E-state index contributed by atoms with van der Waals surface area (Å²) in [6, 6.07) is 8.85. The van der Waals surface area contributed by atoms with Gasteiger partial charge in [0.1, 0.15) is 16.5 Å². The van der Waals surface area contributed by atoms with Crippen molar-refractivity contribution in [3.8, 4) is 11.1 Å². The number of nitrogens with one attached hydrogen (secondary N) is 1. The lowest BCUT2D eigenvalue weighted by Gasteiger charge is -2.12. The number of aryl methyl sites for hydroxylation is 1. The van der Waals surface area contributed by atoms with Gasteiger partial charge in [0.25, 0.3) is 5.91 Å². The first-order chi connectivity index (χ1) is 12.6. The van der Waals surface area contributed by atoms with Gasteiger partial charge in [-0.2, -0.15) is 13.2 Å². The highest BCUT2D eigenvalue weighted by Gasteiger charge is 2.39. The molecule has 3 nitrogen and oxygen atoms in total. The van der Waals surface area contributed by atoms with E-state index in [1.54, 1.807) is 6.07 Å². The van der Waals surface area contributed by atoms with E-state index >= 15 is 0 Å². The minimum absolute atomic E-state index is 0.0907. The van der Waals surface area contributed by atoms with Crippen LogP contribution in [-0.2, 0) is 6.18 Å². The maximum Gasteiger partial charge on any atom is 0.435 e. The first kappa shape index (κ1) is 19.0. The van der Waals surface area contributed by atoms with E-state index in [1.165, 1.54) is 25.1 Å². The molecule has 9 heteroatoms. The van der Waals surface area contributed by atoms with E-state index < -0.39 is 34.3 Å². The second-order valence-electron chi connectivity index (χ2n) is 5.57. The van der Waals surface area contributed by atoms with Crippen LogP contribution >= 0.6 is 11.3 Å². The number of carbonyl (C=O) groups excluding carboxylic acids is 1. The molecule has 1 amide bonds. The number of thiazole rings is 1. The van der Waals surface area contributed by atoms with Gasteiger partial charge in [-0.1, -0.05) is 18.2 Å². The molecular weight excluding hydrogens is 387 g/mol. The van der Waals surface area contributed by atoms with Crippen LogP contribution in [0.1, 0.15) is 20.4 Å². The first-order valence-electron chi connectivity index (χ1n) is 7.56. The third kappa shape index (κ3) is 4.13. The van der Waals surface area contributed by atoms with Gasteiger partial charge in [-0.25, -0.2) is 13.8 Å². The van der Waals surface area contributed by atoms with E-state index in [1.807, 2.05) is 0 Å². The number of amides is 1. The summed E-state index contributed by atoms with van der Waals surface area (Å²) in [6.07, 6.45) is -4.78. The molecule has 2 aromatic carbocycles. The predicted molar refractivity (Wildman–Crippen MR) is 91.6 cm³/mol. The van der Waals surface area contributed by atoms with Gasteiger partial charge in [0.2, 0.25) is 0 Å². The number of aromatic nitrogens is 1. The zero-order valence-electron chi connectivity index (χ0n) is 13.7. The van der Waals surface area contributed by atoms with Crippen molar-refractivity contribution in [3.63, 3.8) is 0 Å². The Bertz CT molecular complexity index is 993. The zero-order valence-corrected chi connectivity index (χ0v) is 14.5. The molecule has 0 unspecified atom stereocenters. The number of carbonyl (C=O) groups is 1. The lowest BCUT2D eigenvalue weighted by atomic mass is 10.0. The molecule has 0 bridgehead atoms. The molecule has 3 aromatic rings. The van der Waals surface area contributed by atoms with Crippen LogP contribution in [0.3, 0.4) is 0 Å². The van der Waals surface area contributed by atoms with Crippen molar-refractivity contribution in [1.29, 1.82) is 0 Å². The van der Waals surface area contributed by atoms with Gasteiger partial charge in [0.15, 0.2) is 5.69 Å². The molecule has 0 atom stereocenters. The van der Waals surface area contributed by atoms with Crippen molar-refractivity contribution in [1.82, 2.24) is 4.98 Å². The normalized spacial score (nSPS) is 11.5. The molecular formula is C18H11F5N2OS. The molecule has 0 fully saturated rings. The number of nitrogens with zero attached hydrogens (tertiary/aromatic N) is 1. The molecule has 0 aliphatic rings. The van der Waals surface area contributed by atoms with Crippen molar-refractivity contribution in [2.45, 2.75) is 13.1 Å². The van der Waals surface area contributed by atoms with E-state index in [9.17, 15) is 26.7 Å². The van der Waals surface area contributed by atoms with E-state index in [4.69, 9.17) is 0 Å². The van der Waals surface area contributed by atoms with Crippen molar-refractivity contribution >= 4 is 22.9 Å². The van der Waals surface area contributed by atoms with Gasteiger partial charge in [0.05, 0.1) is 5.01 Å². The van der Waals surface area contributed by atoms with Gasteiger partial charge in [-0.3, -0.25) is 4.79 Å². The number of halogens is 5. The fourth-order valence-corrected chi connectivity index (χ4v) is 3.34. The molecule has 1 heterocycles. The van der Waals surface area contributed by atoms with E-state index in [0.29, 0.717) is 17.4 Å². The summed E-state index contributed by atoms with van der Waals surface area (Å²) in [4.78, 5) is 15.2. The zero-order chi connectivity index (χ0) is 19.8. The molecule has 27 heavy (non-hydrogen) atoms. The maximum atomic E-state index is 13.5. The molecule has 1 N–H and O–H groups in total. The number of anilines is 1. The smallest absolute Gasteiger partial charge is 0.321 e. The van der Waals surface area contributed by atoms with E-state index in [0.717, 1.165) is 12.1 Å². The number of para-hydroxylation sites is 1. The summed E-state index contributed by atoms with van der Waals surface area (Å²) in [5.74, 6) is -2.63. The fourth-order valence-electron chi connectivity index (χ4n) is 2.51. The Morgan fingerprint density at radius 3 is 2.33 bits per heavy atom. The van der Waals surface area contributed by atoms with Gasteiger partial charge in [0, 0.05) is 17.3 Å². The number of rotatable bonds is 3. The van der Waals surface area contributed by atoms with Crippen LogP contribution < -0.4 is 5.32 Å². The Labute approximate surface area is 154 Å². The molecule has 0 aliphatic heterocycles. The Morgan fingerprint density at radius 1 is 1.07 bits per heavy atom. The summed E-state index contributed by atoms with van der Waals surface area (Å²) in [5.41, 5.74) is -0.748. The molecule has 3 rings (SSSR count). The summed E-state index contributed by atoms with van der Waals surface area (Å²) in [5, 5.41) is 2.47. The highest BCUT2D eigenvalue weighted by atomic mass is 32.1. The topological polar surface area (TPSA) is 42.0 Å². The van der Waals surface area contributed by atoms with Gasteiger partial charge in [-0.05, 0) is 30.7 Å². The molecule has 0 spiro atoms. The molecule has 0 radical (unpaired) electrons. The van der Waals surface area contributed by atoms with Crippen LogP contribution in [0.2, 0.25) is 0 Å². The molecule has 0 saturated heterocycles. The van der Waals surface area contributed by atoms with Gasteiger partial charge >= 0.3 is 6.18 Å². The lowest BCUT2D eigenvalue weighted by Crippen LogP contribution is -2.17. The molecule has 140 valence electrons. The van der Waals surface area contributed by atoms with Crippen LogP contribution in [-0.4, -0.2) is 10.9 Å². The van der Waals surface area contributed by atoms with Crippen LogP contribution in [0.15, 0.2) is 42.5 Å². The summed E-state index contributed by atoms with van der Waals surface area (Å²) >= 11 is 0.612. The monoisotopic (exact) mass is 398 g/mol. The van der Waals surface area contributed by atoms with Gasteiger partial charge < -0.3 is 5.32 Å². The Hall–Kier alpha value is -2.81. The Balaban J connectivity index is 1.99. The van der Waals surface area contributed by atoms with Crippen molar-refractivity contribution in [2.24, 2.45) is 0 Å².